The first-order valence-corrected chi connectivity index (χ1v) is 43.7. The van der Waals surface area contributed by atoms with E-state index in [9.17, 15) is 89.9 Å². The van der Waals surface area contributed by atoms with Crippen LogP contribution in [0.4, 0.5) is 52.7 Å². The van der Waals surface area contributed by atoms with Crippen LogP contribution in [0, 0.1) is 79.0 Å². The number of halogens is 12. The maximum atomic E-state index is 14.9. The van der Waals surface area contributed by atoms with Crippen LogP contribution in [-0.4, -0.2) is 82.4 Å². The molecule has 130 heavy (non-hydrogen) atoms. The number of carbonyl (C=O) groups is 5. The van der Waals surface area contributed by atoms with E-state index in [1.807, 2.05) is 38.1 Å². The summed E-state index contributed by atoms with van der Waals surface area (Å²) in [5.74, 6) is -10.6. The molecule has 1 fully saturated rings. The zero-order valence-electron chi connectivity index (χ0n) is 71.1. The molecule has 16 rings (SSSR count). The van der Waals surface area contributed by atoms with Crippen molar-refractivity contribution < 1.29 is 85.1 Å². The summed E-state index contributed by atoms with van der Waals surface area (Å²) in [6, 6.07) is 37.3. The van der Waals surface area contributed by atoms with E-state index < -0.39 is 116 Å². The number of fused-ring (bicyclic) bond motifs is 2. The number of benzene rings is 7. The fourth-order valence-corrected chi connectivity index (χ4v) is 18.7. The molecule has 0 aliphatic heterocycles. The number of imidazole rings is 1. The fourth-order valence-electron chi connectivity index (χ4n) is 16.9. The third-order valence-electron chi connectivity index (χ3n) is 23.3. The summed E-state index contributed by atoms with van der Waals surface area (Å²) in [6.07, 6.45) is 10.3. The zero-order chi connectivity index (χ0) is 92.7. The van der Waals surface area contributed by atoms with Gasteiger partial charge in [-0.05, 0) is 269 Å². The van der Waals surface area contributed by atoms with Crippen LogP contribution >= 0.6 is 0 Å². The number of Topliss-reactive ketones (excluding diaryl/α,β-unsaturated/α-hetero) is 5. The summed E-state index contributed by atoms with van der Waals surface area (Å²) in [5, 5.41) is 3.70. The van der Waals surface area contributed by atoms with Crippen molar-refractivity contribution in [3.05, 3.63) is 354 Å². The molecule has 0 spiro atoms. The number of aromatic nitrogens is 8. The van der Waals surface area contributed by atoms with Gasteiger partial charge in [-0.1, -0.05) is 48.6 Å². The SMILES string of the molecule is CC(=O)c1cc(-c2cccnc2[C@@H](CC(=O)CC2=CCc3cc(C)c(=O)[nH]c32)Cc2cc(F)cc(F)c2)ccc1F.CC(=O)c1cc(-c2cccnc2[C@@H](CC(=O)Cn2cc(C3=CCCC3)c(C(F)(F)F)n2)Cc2cc(F)cc(F)c2)ccc1F.Cc1cc2ncn(CC(=O)C[C@@H](Cc3cc(F)cc(F)c3)c3ncccc3-c3ccc(F)c(S(=O)(=O)CC4CC4)c3)c2cc1C. The van der Waals surface area contributed by atoms with Crippen LogP contribution in [-0.2, 0) is 69.2 Å². The van der Waals surface area contributed by atoms with Gasteiger partial charge in [-0.25, -0.2) is 52.9 Å². The van der Waals surface area contributed by atoms with Crippen LogP contribution in [0.3, 0.4) is 0 Å². The number of nitrogens with zero attached hydrogens (tertiary/aromatic N) is 7. The number of alkyl halides is 3. The molecule has 13 aromatic rings. The number of sulfone groups is 1. The fraction of sp³-hybridized carbons (Fsp3) is 0.257. The second kappa shape index (κ2) is 39.7. The highest BCUT2D eigenvalue weighted by atomic mass is 32.2. The lowest BCUT2D eigenvalue weighted by atomic mass is 9.85. The predicted octanol–water partition coefficient (Wildman–Crippen LogP) is 22.1. The summed E-state index contributed by atoms with van der Waals surface area (Å²) in [7, 11) is -3.86. The number of hydrogen-bond acceptors (Lipinski definition) is 13. The molecule has 6 aromatic heterocycles. The first kappa shape index (κ1) is 92.7. The highest BCUT2D eigenvalue weighted by Gasteiger charge is 2.39. The summed E-state index contributed by atoms with van der Waals surface area (Å²) < 4.78 is 199. The van der Waals surface area contributed by atoms with Crippen LogP contribution in [0.1, 0.15) is 183 Å². The van der Waals surface area contributed by atoms with E-state index in [1.165, 1.54) is 93.0 Å². The average Bonchev–Trinajstić information content (AvgIpc) is 1.05. The molecular weight excluding hydrogens is 1710 g/mol. The van der Waals surface area contributed by atoms with E-state index >= 15 is 0 Å². The van der Waals surface area contributed by atoms with Crippen molar-refractivity contribution >= 4 is 60.9 Å². The summed E-state index contributed by atoms with van der Waals surface area (Å²) in [5.41, 5.74) is 10.8. The average molecular weight is 1800 g/mol. The quantitative estimate of drug-likeness (QED) is 0.0327. The van der Waals surface area contributed by atoms with Crippen molar-refractivity contribution in [2.75, 3.05) is 5.75 Å². The van der Waals surface area contributed by atoms with Crippen molar-refractivity contribution in [3.63, 3.8) is 0 Å². The molecule has 0 amide bonds. The number of carbonyl (C=O) groups excluding carboxylic acids is 5. The summed E-state index contributed by atoms with van der Waals surface area (Å²) in [4.78, 5) is 97.3. The lowest BCUT2D eigenvalue weighted by Crippen LogP contribution is -2.18. The number of hydrogen-bond donors (Lipinski definition) is 1. The number of nitrogens with one attached hydrogen (secondary N) is 1. The minimum Gasteiger partial charge on any atom is -0.323 e. The molecule has 1 saturated carbocycles. The Morgan fingerprint density at radius 2 is 0.977 bits per heavy atom. The van der Waals surface area contributed by atoms with Crippen molar-refractivity contribution in [2.24, 2.45) is 5.92 Å². The van der Waals surface area contributed by atoms with Gasteiger partial charge in [-0.3, -0.25) is 48.4 Å². The van der Waals surface area contributed by atoms with Gasteiger partial charge in [0, 0.05) is 120 Å². The van der Waals surface area contributed by atoms with Crippen molar-refractivity contribution in [2.45, 2.75) is 160 Å². The summed E-state index contributed by atoms with van der Waals surface area (Å²) in [6.45, 7) is 7.76. The van der Waals surface area contributed by atoms with Gasteiger partial charge in [0.25, 0.3) is 5.56 Å². The molecule has 3 aliphatic carbocycles. The van der Waals surface area contributed by atoms with Crippen LogP contribution in [0.5, 0.6) is 0 Å². The van der Waals surface area contributed by atoms with E-state index in [4.69, 9.17) is 0 Å². The Balaban J connectivity index is 0.000000157. The second-order valence-corrected chi connectivity index (χ2v) is 35.2. The van der Waals surface area contributed by atoms with Gasteiger partial charge in [0.2, 0.25) is 0 Å². The van der Waals surface area contributed by atoms with Crippen LogP contribution in [0.2, 0.25) is 0 Å². The number of rotatable bonds is 30. The Kier molecular flexibility index (Phi) is 28.3. The molecule has 0 saturated heterocycles. The molecule has 29 heteroatoms. The van der Waals surface area contributed by atoms with Crippen molar-refractivity contribution in [1.82, 2.24) is 39.3 Å². The van der Waals surface area contributed by atoms with E-state index in [0.29, 0.717) is 104 Å². The maximum absolute atomic E-state index is 14.9. The smallest absolute Gasteiger partial charge is 0.323 e. The molecule has 6 heterocycles. The second-order valence-electron chi connectivity index (χ2n) is 33.2. The number of allylic oxidation sites excluding steroid dienone is 4. The van der Waals surface area contributed by atoms with Gasteiger partial charge in [0.05, 0.1) is 64.4 Å². The van der Waals surface area contributed by atoms with E-state index in [2.05, 4.69) is 30.0 Å². The Hall–Kier alpha value is -13.4. The minimum atomic E-state index is -4.71. The molecule has 0 radical (unpaired) electrons. The monoisotopic (exact) mass is 1800 g/mol. The highest BCUT2D eigenvalue weighted by molar-refractivity contribution is 7.91. The number of H-pyrrole nitrogens is 1. The number of ketones is 5. The zero-order valence-corrected chi connectivity index (χ0v) is 71.9. The molecule has 1 N–H and O–H groups in total. The van der Waals surface area contributed by atoms with E-state index in [-0.39, 0.29) is 107 Å². The lowest BCUT2D eigenvalue weighted by molar-refractivity contribution is -0.142. The Labute approximate surface area is 740 Å². The molecule has 0 unspecified atom stereocenters. The number of aryl methyl sites for hydroxylation is 3. The minimum absolute atomic E-state index is 0.00826. The molecule has 16 nitrogen and oxygen atoms in total. The van der Waals surface area contributed by atoms with Crippen LogP contribution in [0.15, 0.2) is 217 Å². The molecule has 7 aromatic carbocycles. The van der Waals surface area contributed by atoms with Gasteiger partial charge >= 0.3 is 6.18 Å². The van der Waals surface area contributed by atoms with Crippen molar-refractivity contribution in [3.8, 4) is 33.4 Å². The topological polar surface area (TPSA) is 227 Å². The van der Waals surface area contributed by atoms with Crippen LogP contribution in [0.25, 0.3) is 55.6 Å². The van der Waals surface area contributed by atoms with Gasteiger partial charge in [0.1, 0.15) is 63.0 Å². The van der Waals surface area contributed by atoms with E-state index in [1.54, 1.807) is 72.7 Å². The van der Waals surface area contributed by atoms with E-state index in [0.717, 1.165) is 93.6 Å². The molecule has 668 valence electrons. The third kappa shape index (κ3) is 22.6. The van der Waals surface area contributed by atoms with Gasteiger partial charge in [-0.15, -0.1) is 0 Å². The number of pyridine rings is 4. The maximum Gasteiger partial charge on any atom is 0.435 e. The summed E-state index contributed by atoms with van der Waals surface area (Å²) >= 11 is 0. The third-order valence-corrected chi connectivity index (χ3v) is 25.2. The predicted molar refractivity (Wildman–Crippen MR) is 467 cm³/mol. The molecule has 3 aliphatic rings. The Bertz CT molecular complexity index is 6790. The lowest BCUT2D eigenvalue weighted by Gasteiger charge is -2.20. The Morgan fingerprint density at radius 1 is 0.515 bits per heavy atom. The molecule has 0 bridgehead atoms. The number of aromatic amines is 1. The first-order chi connectivity index (χ1) is 61.9. The Morgan fingerprint density at radius 3 is 1.44 bits per heavy atom. The van der Waals surface area contributed by atoms with Crippen LogP contribution < -0.4 is 5.56 Å². The normalized spacial score (nSPS) is 13.8. The molecular formula is C101H86F12N8O8S. The van der Waals surface area contributed by atoms with Gasteiger partial charge in [-0.2, -0.15) is 18.3 Å². The standard InChI is InChI=1S/C35H32F3N3O3S.C33H27F6N3O2.C33H27F3N2O3/c1-21-10-32-33(11-22(21)2)41(20-40-32)18-29(42)15-26(12-24-13-27(36)17-28(37)14-24)35-30(4-3-9-39-35)25-7-8-31(38)34(16-25)45(43,44)19-23-5-6-23;1-19(43)28-15-22(8-9-30(28)36)27-7-4-10-40-31(27)23(11-20-12-24(34)16-25(35)13-20)14-26(44)17-42-18-29(21-5-2-3-6-21)32(41-42)33(37,38)39;1-18-10-22-5-6-23(31(22)38-33(18)41)14-27(40)15-24(11-20-12-25(34)17-26(35)13-20)32-28(4-3-9-37-32)21-7-8-30(36)29(16-21)19(2)39/h3-4,7-11,13-14,16-17,20,23,26H,5-6,12,15,18-19H2,1-2H3;4-5,7-10,12-13,15-16,18,23H,2-3,6,11,14,17H2,1H3;3-4,6-10,12-13,16-17,24H,5,11,14-15H2,1-2H3,(H,38,41)/t26-;23-;24-/m111/s1. The van der Waals surface area contributed by atoms with Crippen molar-refractivity contribution in [1.29, 1.82) is 0 Å². The van der Waals surface area contributed by atoms with Gasteiger partial charge < -0.3 is 9.55 Å². The highest BCUT2D eigenvalue weighted by Crippen LogP contribution is 2.43. The first-order valence-electron chi connectivity index (χ1n) is 42.0. The largest absolute Gasteiger partial charge is 0.435 e. The molecule has 3 atom stereocenters. The van der Waals surface area contributed by atoms with Gasteiger partial charge in [0.15, 0.2) is 38.7 Å².